The Morgan fingerprint density at radius 3 is 2.67 bits per heavy atom. The summed E-state index contributed by atoms with van der Waals surface area (Å²) >= 11 is 0. The fourth-order valence-corrected chi connectivity index (χ4v) is 1.48. The zero-order valence-corrected chi connectivity index (χ0v) is 10.9. The molecule has 0 aliphatic carbocycles. The second-order valence-corrected chi connectivity index (χ2v) is 3.87. The van der Waals surface area contributed by atoms with Gasteiger partial charge in [-0.25, -0.2) is 0 Å². The second kappa shape index (κ2) is 6.76. The Hall–Kier alpha value is -1.88. The molecular formula is C13H18N2O3. The maximum absolute atomic E-state index is 11.7. The van der Waals surface area contributed by atoms with E-state index in [1.807, 2.05) is 13.8 Å². The van der Waals surface area contributed by atoms with Gasteiger partial charge in [0.15, 0.2) is 0 Å². The smallest absolute Gasteiger partial charge is 0.251 e. The summed E-state index contributed by atoms with van der Waals surface area (Å²) in [5.41, 5.74) is 2.04. The molecule has 2 amide bonds. The van der Waals surface area contributed by atoms with Gasteiger partial charge in [0.25, 0.3) is 5.91 Å². The number of aryl methyl sites for hydroxylation is 1. The minimum absolute atomic E-state index is 0.00910. The number of nitrogens with one attached hydrogen (secondary N) is 2. The summed E-state index contributed by atoms with van der Waals surface area (Å²) in [7, 11) is 1.46. The molecule has 5 nitrogen and oxygen atoms in total. The minimum atomic E-state index is -0.242. The fraction of sp³-hybridized carbons (Fsp3) is 0.385. The molecule has 1 rings (SSSR count). The van der Waals surface area contributed by atoms with Crippen molar-refractivity contribution in [1.82, 2.24) is 5.32 Å². The average molecular weight is 250 g/mol. The summed E-state index contributed by atoms with van der Waals surface area (Å²) in [5, 5.41) is 5.42. The first-order valence-corrected chi connectivity index (χ1v) is 5.76. The van der Waals surface area contributed by atoms with Crippen LogP contribution >= 0.6 is 0 Å². The van der Waals surface area contributed by atoms with E-state index >= 15 is 0 Å². The molecule has 1 aromatic rings. The Morgan fingerprint density at radius 2 is 2.06 bits per heavy atom. The standard InChI is InChI=1S/C13H18N2O3/c1-4-14-13(17)10-6-5-9(2)11(7-10)15-12(16)8-18-3/h5-7H,4,8H2,1-3H3,(H,14,17)(H,15,16). The van der Waals surface area contributed by atoms with Gasteiger partial charge in [-0.1, -0.05) is 6.07 Å². The monoisotopic (exact) mass is 250 g/mol. The van der Waals surface area contributed by atoms with E-state index in [0.717, 1.165) is 5.56 Å². The molecule has 1 aromatic carbocycles. The Morgan fingerprint density at radius 1 is 1.33 bits per heavy atom. The molecule has 0 aliphatic rings. The van der Waals surface area contributed by atoms with E-state index in [2.05, 4.69) is 10.6 Å². The van der Waals surface area contributed by atoms with Crippen LogP contribution in [0.25, 0.3) is 0 Å². The van der Waals surface area contributed by atoms with Crippen LogP contribution in [-0.2, 0) is 9.53 Å². The Kier molecular flexibility index (Phi) is 5.32. The maximum Gasteiger partial charge on any atom is 0.251 e. The lowest BCUT2D eigenvalue weighted by atomic mass is 10.1. The van der Waals surface area contributed by atoms with Gasteiger partial charge in [-0.15, -0.1) is 0 Å². The third kappa shape index (κ3) is 3.85. The van der Waals surface area contributed by atoms with Gasteiger partial charge in [-0.3, -0.25) is 9.59 Å². The lowest BCUT2D eigenvalue weighted by Crippen LogP contribution is -2.23. The number of benzene rings is 1. The van der Waals surface area contributed by atoms with Gasteiger partial charge in [0.2, 0.25) is 5.91 Å². The molecule has 0 aliphatic heterocycles. The molecule has 0 saturated heterocycles. The first-order valence-electron chi connectivity index (χ1n) is 5.76. The van der Waals surface area contributed by atoms with Crippen molar-refractivity contribution in [3.63, 3.8) is 0 Å². The molecule has 0 aromatic heterocycles. The first kappa shape index (κ1) is 14.2. The molecule has 5 heteroatoms. The van der Waals surface area contributed by atoms with Crippen molar-refractivity contribution in [3.8, 4) is 0 Å². The van der Waals surface area contributed by atoms with Crippen LogP contribution in [0.15, 0.2) is 18.2 Å². The number of carbonyl (C=O) groups excluding carboxylic acids is 2. The molecule has 98 valence electrons. The van der Waals surface area contributed by atoms with Gasteiger partial charge in [0, 0.05) is 24.9 Å². The normalized spacial score (nSPS) is 9.94. The Balaban J connectivity index is 2.87. The summed E-state index contributed by atoms with van der Waals surface area (Å²) in [6, 6.07) is 5.19. The second-order valence-electron chi connectivity index (χ2n) is 3.87. The van der Waals surface area contributed by atoms with Crippen LogP contribution in [0, 0.1) is 6.92 Å². The molecule has 0 atom stereocenters. The van der Waals surface area contributed by atoms with Crippen molar-refractivity contribution in [1.29, 1.82) is 0 Å². The fourth-order valence-electron chi connectivity index (χ4n) is 1.48. The number of hydrogen-bond donors (Lipinski definition) is 2. The number of carbonyl (C=O) groups is 2. The van der Waals surface area contributed by atoms with Crippen molar-refractivity contribution < 1.29 is 14.3 Å². The largest absolute Gasteiger partial charge is 0.375 e. The molecular weight excluding hydrogens is 232 g/mol. The number of ether oxygens (including phenoxy) is 1. The van der Waals surface area contributed by atoms with Crippen LogP contribution in [-0.4, -0.2) is 32.1 Å². The van der Waals surface area contributed by atoms with Crippen LogP contribution in [0.3, 0.4) is 0 Å². The van der Waals surface area contributed by atoms with E-state index < -0.39 is 0 Å². The van der Waals surface area contributed by atoms with Crippen LogP contribution in [0.1, 0.15) is 22.8 Å². The first-order chi connectivity index (χ1) is 8.58. The third-order valence-corrected chi connectivity index (χ3v) is 2.39. The van der Waals surface area contributed by atoms with Gasteiger partial charge in [0.05, 0.1) is 0 Å². The zero-order chi connectivity index (χ0) is 13.5. The molecule has 0 radical (unpaired) electrons. The highest BCUT2D eigenvalue weighted by Gasteiger charge is 2.09. The minimum Gasteiger partial charge on any atom is -0.375 e. The SMILES string of the molecule is CCNC(=O)c1ccc(C)c(NC(=O)COC)c1. The Labute approximate surface area is 107 Å². The summed E-state index contributed by atoms with van der Waals surface area (Å²) in [6.45, 7) is 4.28. The van der Waals surface area contributed by atoms with E-state index in [1.54, 1.807) is 18.2 Å². The summed E-state index contributed by atoms with van der Waals surface area (Å²) < 4.78 is 4.74. The number of methoxy groups -OCH3 is 1. The van der Waals surface area contributed by atoms with Gasteiger partial charge in [-0.05, 0) is 31.5 Å². The predicted molar refractivity (Wildman–Crippen MR) is 69.7 cm³/mol. The van der Waals surface area contributed by atoms with Crippen molar-refractivity contribution in [2.75, 3.05) is 25.6 Å². The van der Waals surface area contributed by atoms with Crippen LogP contribution in [0.4, 0.5) is 5.69 Å². The van der Waals surface area contributed by atoms with E-state index in [0.29, 0.717) is 17.8 Å². The lowest BCUT2D eigenvalue weighted by molar-refractivity contribution is -0.119. The highest BCUT2D eigenvalue weighted by molar-refractivity contribution is 5.98. The molecule has 0 fully saturated rings. The van der Waals surface area contributed by atoms with Gasteiger partial charge >= 0.3 is 0 Å². The van der Waals surface area contributed by atoms with E-state index in [-0.39, 0.29) is 18.4 Å². The molecule has 2 N–H and O–H groups in total. The van der Waals surface area contributed by atoms with Crippen LogP contribution in [0.5, 0.6) is 0 Å². The molecule has 0 unspecified atom stereocenters. The van der Waals surface area contributed by atoms with Gasteiger partial charge in [-0.2, -0.15) is 0 Å². The maximum atomic E-state index is 11.7. The molecule has 0 bridgehead atoms. The lowest BCUT2D eigenvalue weighted by Gasteiger charge is -2.10. The molecule has 0 spiro atoms. The van der Waals surface area contributed by atoms with Gasteiger partial charge < -0.3 is 15.4 Å². The number of amides is 2. The van der Waals surface area contributed by atoms with Crippen molar-refractivity contribution in [3.05, 3.63) is 29.3 Å². The number of hydrogen-bond acceptors (Lipinski definition) is 3. The molecule has 0 heterocycles. The topological polar surface area (TPSA) is 67.4 Å². The highest BCUT2D eigenvalue weighted by atomic mass is 16.5. The van der Waals surface area contributed by atoms with Crippen LogP contribution < -0.4 is 10.6 Å². The zero-order valence-electron chi connectivity index (χ0n) is 10.9. The number of rotatable bonds is 5. The van der Waals surface area contributed by atoms with Crippen molar-refractivity contribution in [2.24, 2.45) is 0 Å². The highest BCUT2D eigenvalue weighted by Crippen LogP contribution is 2.16. The van der Waals surface area contributed by atoms with E-state index in [1.165, 1.54) is 7.11 Å². The quantitative estimate of drug-likeness (QED) is 0.828. The van der Waals surface area contributed by atoms with E-state index in [4.69, 9.17) is 4.74 Å². The summed E-state index contributed by atoms with van der Waals surface area (Å²) in [6.07, 6.45) is 0. The molecule has 0 saturated carbocycles. The number of anilines is 1. The third-order valence-electron chi connectivity index (χ3n) is 2.39. The summed E-state index contributed by atoms with van der Waals surface area (Å²) in [4.78, 5) is 23.1. The van der Waals surface area contributed by atoms with Crippen LogP contribution in [0.2, 0.25) is 0 Å². The molecule has 18 heavy (non-hydrogen) atoms. The van der Waals surface area contributed by atoms with Gasteiger partial charge in [0.1, 0.15) is 6.61 Å². The predicted octanol–water partition coefficient (Wildman–Crippen LogP) is 1.33. The average Bonchev–Trinajstić information content (AvgIpc) is 2.32. The van der Waals surface area contributed by atoms with E-state index in [9.17, 15) is 9.59 Å². The summed E-state index contributed by atoms with van der Waals surface area (Å²) in [5.74, 6) is -0.395. The van der Waals surface area contributed by atoms with Crippen molar-refractivity contribution in [2.45, 2.75) is 13.8 Å². The van der Waals surface area contributed by atoms with Crippen molar-refractivity contribution >= 4 is 17.5 Å². The Bertz CT molecular complexity index is 444.